The van der Waals surface area contributed by atoms with E-state index in [4.69, 9.17) is 10.5 Å². The molecular weight excluding hydrogens is 274 g/mol. The number of benzene rings is 1. The molecule has 0 amide bonds. The molecular formula is C14H19F4NO. The molecule has 0 saturated heterocycles. The van der Waals surface area contributed by atoms with Crippen molar-refractivity contribution >= 4 is 0 Å². The van der Waals surface area contributed by atoms with Gasteiger partial charge in [0.25, 0.3) is 0 Å². The number of hydrogen-bond donors (Lipinski definition) is 1. The second-order valence-corrected chi connectivity index (χ2v) is 4.63. The first kappa shape index (κ1) is 16.9. The predicted molar refractivity (Wildman–Crippen MR) is 68.6 cm³/mol. The van der Waals surface area contributed by atoms with E-state index in [2.05, 4.69) is 0 Å². The summed E-state index contributed by atoms with van der Waals surface area (Å²) in [6, 6.07) is 5.30. The van der Waals surface area contributed by atoms with Crippen LogP contribution in [0.25, 0.3) is 0 Å². The molecule has 0 bridgehead atoms. The van der Waals surface area contributed by atoms with Crippen LogP contribution in [0.5, 0.6) is 0 Å². The molecule has 0 heterocycles. The van der Waals surface area contributed by atoms with E-state index in [1.807, 2.05) is 6.92 Å². The maximum absolute atomic E-state index is 12.9. The molecule has 2 nitrogen and oxygen atoms in total. The Bertz CT molecular complexity index is 391. The highest BCUT2D eigenvalue weighted by Gasteiger charge is 2.27. The van der Waals surface area contributed by atoms with Gasteiger partial charge in [0.15, 0.2) is 0 Å². The highest BCUT2D eigenvalue weighted by atomic mass is 19.4. The largest absolute Gasteiger partial charge is 0.389 e. The Hall–Kier alpha value is -1.14. The lowest BCUT2D eigenvalue weighted by Gasteiger charge is -2.24. The Balaban J connectivity index is 2.59. The molecule has 20 heavy (non-hydrogen) atoms. The Kier molecular flexibility index (Phi) is 6.42. The van der Waals surface area contributed by atoms with E-state index in [0.29, 0.717) is 12.0 Å². The minimum absolute atomic E-state index is 0.0325. The van der Waals surface area contributed by atoms with Crippen molar-refractivity contribution in [3.05, 3.63) is 35.6 Å². The second-order valence-electron chi connectivity index (χ2n) is 4.63. The number of nitrogens with two attached hydrogens (primary N) is 1. The van der Waals surface area contributed by atoms with Gasteiger partial charge in [0.1, 0.15) is 5.82 Å². The van der Waals surface area contributed by atoms with Crippen LogP contribution in [0.4, 0.5) is 17.6 Å². The minimum atomic E-state index is -4.18. The van der Waals surface area contributed by atoms with Crippen molar-refractivity contribution in [3.8, 4) is 0 Å². The third kappa shape index (κ3) is 5.88. The molecule has 2 N–H and O–H groups in total. The lowest BCUT2D eigenvalue weighted by molar-refractivity contribution is -0.139. The van der Waals surface area contributed by atoms with Gasteiger partial charge in [0.05, 0.1) is 6.10 Å². The van der Waals surface area contributed by atoms with Crippen LogP contribution in [0.3, 0.4) is 0 Å². The Morgan fingerprint density at radius 1 is 1.20 bits per heavy atom. The van der Waals surface area contributed by atoms with Crippen molar-refractivity contribution in [2.24, 2.45) is 5.73 Å². The van der Waals surface area contributed by atoms with Gasteiger partial charge in [0, 0.05) is 19.1 Å². The van der Waals surface area contributed by atoms with Crippen LogP contribution in [-0.2, 0) is 4.74 Å². The summed E-state index contributed by atoms with van der Waals surface area (Å²) in [4.78, 5) is 0. The van der Waals surface area contributed by atoms with Gasteiger partial charge in [-0.25, -0.2) is 4.39 Å². The minimum Gasteiger partial charge on any atom is -0.372 e. The maximum atomic E-state index is 12.9. The van der Waals surface area contributed by atoms with E-state index in [9.17, 15) is 17.6 Å². The third-order valence-corrected chi connectivity index (χ3v) is 2.96. The van der Waals surface area contributed by atoms with E-state index in [0.717, 1.165) is 0 Å². The van der Waals surface area contributed by atoms with Crippen LogP contribution < -0.4 is 5.73 Å². The van der Waals surface area contributed by atoms with Crippen LogP contribution in [0, 0.1) is 5.82 Å². The maximum Gasteiger partial charge on any atom is 0.389 e. The molecule has 0 saturated carbocycles. The van der Waals surface area contributed by atoms with E-state index >= 15 is 0 Å². The molecule has 0 aliphatic carbocycles. The summed E-state index contributed by atoms with van der Waals surface area (Å²) < 4.78 is 54.5. The average Bonchev–Trinajstić information content (AvgIpc) is 2.38. The number of alkyl halides is 3. The highest BCUT2D eigenvalue weighted by Crippen LogP contribution is 2.25. The van der Waals surface area contributed by atoms with Crippen molar-refractivity contribution in [2.45, 2.75) is 44.5 Å². The molecule has 1 aromatic carbocycles. The molecule has 0 spiro atoms. The van der Waals surface area contributed by atoms with Crippen molar-refractivity contribution in [2.75, 3.05) is 6.61 Å². The SMILES string of the molecule is CCC(N)C(OCCCC(F)(F)F)c1ccc(F)cc1. The van der Waals surface area contributed by atoms with Gasteiger partial charge >= 0.3 is 6.18 Å². The third-order valence-electron chi connectivity index (χ3n) is 2.96. The van der Waals surface area contributed by atoms with Crippen LogP contribution in [-0.4, -0.2) is 18.8 Å². The molecule has 1 rings (SSSR count). The van der Waals surface area contributed by atoms with Crippen LogP contribution >= 0.6 is 0 Å². The lowest BCUT2D eigenvalue weighted by Crippen LogP contribution is -2.30. The summed E-state index contributed by atoms with van der Waals surface area (Å²) in [5, 5.41) is 0. The first-order valence-electron chi connectivity index (χ1n) is 6.53. The molecule has 2 atom stereocenters. The van der Waals surface area contributed by atoms with Crippen molar-refractivity contribution in [1.29, 1.82) is 0 Å². The predicted octanol–water partition coefficient (Wildman–Crippen LogP) is 3.96. The topological polar surface area (TPSA) is 35.2 Å². The molecule has 114 valence electrons. The van der Waals surface area contributed by atoms with Crippen LogP contribution in [0.1, 0.15) is 37.9 Å². The number of halogens is 4. The van der Waals surface area contributed by atoms with Gasteiger partial charge in [-0.05, 0) is 30.5 Å². The molecule has 0 radical (unpaired) electrons. The average molecular weight is 293 g/mol. The van der Waals surface area contributed by atoms with Gasteiger partial charge in [-0.2, -0.15) is 13.2 Å². The summed E-state index contributed by atoms with van der Waals surface area (Å²) >= 11 is 0. The fourth-order valence-corrected chi connectivity index (χ4v) is 1.82. The van der Waals surface area contributed by atoms with Gasteiger partial charge in [-0.3, -0.25) is 0 Å². The molecule has 0 aliphatic heterocycles. The fraction of sp³-hybridized carbons (Fsp3) is 0.571. The van der Waals surface area contributed by atoms with E-state index in [1.54, 1.807) is 12.1 Å². The van der Waals surface area contributed by atoms with Gasteiger partial charge in [-0.1, -0.05) is 19.1 Å². The summed E-state index contributed by atoms with van der Waals surface area (Å²) in [6.07, 6.45) is -5.08. The zero-order valence-electron chi connectivity index (χ0n) is 11.3. The van der Waals surface area contributed by atoms with E-state index in [1.165, 1.54) is 12.1 Å². The Labute approximate surface area is 115 Å². The zero-order chi connectivity index (χ0) is 15.2. The van der Waals surface area contributed by atoms with E-state index in [-0.39, 0.29) is 24.9 Å². The first-order chi connectivity index (χ1) is 9.33. The monoisotopic (exact) mass is 293 g/mol. The van der Waals surface area contributed by atoms with Gasteiger partial charge in [0.2, 0.25) is 0 Å². The van der Waals surface area contributed by atoms with Gasteiger partial charge in [-0.15, -0.1) is 0 Å². The Morgan fingerprint density at radius 2 is 1.80 bits per heavy atom. The lowest BCUT2D eigenvalue weighted by atomic mass is 10.0. The quantitative estimate of drug-likeness (QED) is 0.610. The fourth-order valence-electron chi connectivity index (χ4n) is 1.82. The van der Waals surface area contributed by atoms with Crippen LogP contribution in [0.15, 0.2) is 24.3 Å². The molecule has 6 heteroatoms. The normalized spacial score (nSPS) is 15.1. The van der Waals surface area contributed by atoms with Crippen LogP contribution in [0.2, 0.25) is 0 Å². The Morgan fingerprint density at radius 3 is 2.30 bits per heavy atom. The number of ether oxygens (including phenoxy) is 1. The van der Waals surface area contributed by atoms with Crippen molar-refractivity contribution < 1.29 is 22.3 Å². The summed E-state index contributed by atoms with van der Waals surface area (Å²) in [6.45, 7) is 1.83. The van der Waals surface area contributed by atoms with Crippen molar-refractivity contribution in [3.63, 3.8) is 0 Å². The molecule has 0 fully saturated rings. The molecule has 0 aliphatic rings. The zero-order valence-corrected chi connectivity index (χ0v) is 11.3. The summed E-state index contributed by atoms with van der Waals surface area (Å²) in [7, 11) is 0. The smallest absolute Gasteiger partial charge is 0.372 e. The standard InChI is InChI=1S/C14H19F4NO/c1-2-12(19)13(10-4-6-11(15)7-5-10)20-9-3-8-14(16,17)18/h4-7,12-13H,2-3,8-9,19H2,1H3. The highest BCUT2D eigenvalue weighted by molar-refractivity contribution is 5.20. The summed E-state index contributed by atoms with van der Waals surface area (Å²) in [5.74, 6) is -0.380. The second kappa shape index (κ2) is 7.59. The molecule has 0 aromatic heterocycles. The number of hydrogen-bond acceptors (Lipinski definition) is 2. The van der Waals surface area contributed by atoms with E-state index < -0.39 is 18.7 Å². The first-order valence-corrected chi connectivity index (χ1v) is 6.53. The molecule has 2 unspecified atom stereocenters. The van der Waals surface area contributed by atoms with Crippen molar-refractivity contribution in [1.82, 2.24) is 0 Å². The molecule has 1 aromatic rings. The summed E-state index contributed by atoms with van der Waals surface area (Å²) in [5.41, 5.74) is 6.59. The number of rotatable bonds is 7. The van der Waals surface area contributed by atoms with Gasteiger partial charge < -0.3 is 10.5 Å².